The third-order valence-corrected chi connectivity index (χ3v) is 0.175. The monoisotopic (exact) mass is 214 g/mol. The largest absolute Gasteiger partial charge is 0.478 e. The number of halogens is 1. The molecule has 0 spiro atoms. The van der Waals surface area contributed by atoms with Crippen molar-refractivity contribution >= 4 is 28.6 Å². The number of hydrogen-bond acceptors (Lipinski definition) is 1. The minimum absolute atomic E-state index is 0.833. The zero-order valence-electron chi connectivity index (χ0n) is 4.02. The van der Waals surface area contributed by atoms with Crippen LogP contribution in [-0.2, 0) is 4.79 Å². The maximum atomic E-state index is 9.25. The predicted octanol–water partition coefficient (Wildman–Crippen LogP) is 1.31. The summed E-state index contributed by atoms with van der Waals surface area (Å²) in [6.45, 7) is 2.96. The second kappa shape index (κ2) is 9.34. The maximum Gasteiger partial charge on any atom is 0.327 e. The second-order valence-electron chi connectivity index (χ2n) is 0.542. The van der Waals surface area contributed by atoms with Crippen LogP contribution in [0.15, 0.2) is 12.7 Å². The molecule has 0 aliphatic carbocycles. The first-order valence-corrected chi connectivity index (χ1v) is 3.66. The van der Waals surface area contributed by atoms with Crippen LogP contribution < -0.4 is 0 Å². The zero-order chi connectivity index (χ0) is 6.28. The molecule has 0 atom stereocenters. The highest BCUT2D eigenvalue weighted by Crippen LogP contribution is 1.54. The summed E-state index contributed by atoms with van der Waals surface area (Å²) >= 11 is 2.15. The molecular weight excluding hydrogens is 207 g/mol. The highest BCUT2D eigenvalue weighted by molar-refractivity contribution is 14.1. The van der Waals surface area contributed by atoms with Gasteiger partial charge in [-0.25, -0.2) is 4.79 Å². The number of rotatable bonds is 1. The lowest BCUT2D eigenvalue weighted by molar-refractivity contribution is -0.131. The molecule has 0 heterocycles. The molecular formula is C4H7IO2. The number of alkyl halides is 1. The van der Waals surface area contributed by atoms with Crippen LogP contribution >= 0.6 is 22.6 Å². The van der Waals surface area contributed by atoms with Crippen LogP contribution in [0.2, 0.25) is 0 Å². The van der Waals surface area contributed by atoms with Crippen LogP contribution in [-0.4, -0.2) is 16.0 Å². The van der Waals surface area contributed by atoms with E-state index in [1.807, 2.05) is 4.93 Å². The molecule has 7 heavy (non-hydrogen) atoms. The summed E-state index contributed by atoms with van der Waals surface area (Å²) in [4.78, 5) is 11.2. The molecule has 0 amide bonds. The summed E-state index contributed by atoms with van der Waals surface area (Å²) < 4.78 is 0. The number of aliphatic carboxylic acids is 1. The highest BCUT2D eigenvalue weighted by Gasteiger charge is 1.73. The molecule has 2 nitrogen and oxygen atoms in total. The Bertz CT molecular complexity index is 60.7. The molecule has 0 rings (SSSR count). The van der Waals surface area contributed by atoms with E-state index in [9.17, 15) is 4.79 Å². The normalized spacial score (nSPS) is 5.43. The average Bonchev–Trinajstić information content (AvgIpc) is 1.73. The fourth-order valence-corrected chi connectivity index (χ4v) is 0. The van der Waals surface area contributed by atoms with Gasteiger partial charge < -0.3 is 5.11 Å². The molecule has 3 heteroatoms. The maximum absolute atomic E-state index is 9.25. The van der Waals surface area contributed by atoms with Crippen LogP contribution in [0.1, 0.15) is 0 Å². The van der Waals surface area contributed by atoms with Crippen molar-refractivity contribution in [3.05, 3.63) is 12.7 Å². The van der Waals surface area contributed by atoms with E-state index >= 15 is 0 Å². The minimum atomic E-state index is -0.981. The van der Waals surface area contributed by atoms with Gasteiger partial charge in [-0.2, -0.15) is 0 Å². The molecule has 0 saturated heterocycles. The molecule has 0 aliphatic heterocycles. The standard InChI is InChI=1S/C3H4O2.CH3I/c1-2-3(4)5;1-2/h2H,1H2,(H,4,5);1H3. The molecule has 0 fully saturated rings. The number of carbonyl (C=O) groups is 1. The molecule has 1 N–H and O–H groups in total. The third kappa shape index (κ3) is 24.5. The van der Waals surface area contributed by atoms with Gasteiger partial charge in [0.1, 0.15) is 0 Å². The Kier molecular flexibility index (Phi) is 13.4. The Morgan fingerprint density at radius 3 is 2.00 bits per heavy atom. The first kappa shape index (κ1) is 10.0. The fourth-order valence-electron chi connectivity index (χ4n) is 0. The van der Waals surface area contributed by atoms with E-state index in [1.165, 1.54) is 0 Å². The van der Waals surface area contributed by atoms with Gasteiger partial charge >= 0.3 is 5.97 Å². The summed E-state index contributed by atoms with van der Waals surface area (Å²) in [6.07, 6.45) is 0.833. The molecule has 0 aromatic rings. The van der Waals surface area contributed by atoms with Gasteiger partial charge in [0.05, 0.1) is 0 Å². The van der Waals surface area contributed by atoms with Crippen LogP contribution in [0.3, 0.4) is 0 Å². The summed E-state index contributed by atoms with van der Waals surface area (Å²) in [5.74, 6) is -0.981. The van der Waals surface area contributed by atoms with Gasteiger partial charge in [-0.05, 0) is 4.93 Å². The van der Waals surface area contributed by atoms with Crippen molar-refractivity contribution < 1.29 is 9.90 Å². The lowest BCUT2D eigenvalue weighted by atomic mass is 10.7. The summed E-state index contributed by atoms with van der Waals surface area (Å²) in [5, 5.41) is 7.60. The van der Waals surface area contributed by atoms with Crippen LogP contribution in [0, 0.1) is 0 Å². The molecule has 0 aromatic carbocycles. The van der Waals surface area contributed by atoms with Gasteiger partial charge in [0.2, 0.25) is 0 Å². The molecule has 0 bridgehead atoms. The van der Waals surface area contributed by atoms with Gasteiger partial charge in [-0.1, -0.05) is 29.2 Å². The van der Waals surface area contributed by atoms with E-state index in [4.69, 9.17) is 5.11 Å². The van der Waals surface area contributed by atoms with Crippen molar-refractivity contribution in [1.82, 2.24) is 0 Å². The quantitative estimate of drug-likeness (QED) is 0.406. The van der Waals surface area contributed by atoms with Crippen molar-refractivity contribution in [3.63, 3.8) is 0 Å². The lowest BCUT2D eigenvalue weighted by Gasteiger charge is -1.64. The molecule has 0 saturated carbocycles. The van der Waals surface area contributed by atoms with Crippen LogP contribution in [0.4, 0.5) is 0 Å². The van der Waals surface area contributed by atoms with Crippen LogP contribution in [0.25, 0.3) is 0 Å². The van der Waals surface area contributed by atoms with E-state index in [2.05, 4.69) is 29.2 Å². The van der Waals surface area contributed by atoms with E-state index in [-0.39, 0.29) is 0 Å². The Hall–Kier alpha value is -0.0600. The predicted molar refractivity (Wildman–Crippen MR) is 37.8 cm³/mol. The van der Waals surface area contributed by atoms with Crippen LogP contribution in [0.5, 0.6) is 0 Å². The summed E-state index contributed by atoms with van der Waals surface area (Å²) in [6, 6.07) is 0. The van der Waals surface area contributed by atoms with Crippen molar-refractivity contribution in [3.8, 4) is 0 Å². The van der Waals surface area contributed by atoms with Gasteiger partial charge in [0.15, 0.2) is 0 Å². The molecule has 0 aromatic heterocycles. The van der Waals surface area contributed by atoms with Crippen molar-refractivity contribution in [2.45, 2.75) is 0 Å². The van der Waals surface area contributed by atoms with Gasteiger partial charge in [0.25, 0.3) is 0 Å². The minimum Gasteiger partial charge on any atom is -0.478 e. The van der Waals surface area contributed by atoms with Crippen molar-refractivity contribution in [2.24, 2.45) is 0 Å². The fraction of sp³-hybridized carbons (Fsp3) is 0.250. The Balaban J connectivity index is 0. The summed E-state index contributed by atoms with van der Waals surface area (Å²) in [5.41, 5.74) is 0. The smallest absolute Gasteiger partial charge is 0.327 e. The van der Waals surface area contributed by atoms with E-state index < -0.39 is 5.97 Å². The number of carboxylic acid groups (broad SMARTS) is 1. The molecule has 0 unspecified atom stereocenters. The highest BCUT2D eigenvalue weighted by atomic mass is 127. The summed E-state index contributed by atoms with van der Waals surface area (Å²) in [7, 11) is 0. The topological polar surface area (TPSA) is 37.3 Å². The first-order chi connectivity index (χ1) is 3.27. The Morgan fingerprint density at radius 2 is 2.00 bits per heavy atom. The van der Waals surface area contributed by atoms with Crippen molar-refractivity contribution in [1.29, 1.82) is 0 Å². The number of carboxylic acids is 1. The van der Waals surface area contributed by atoms with E-state index in [1.54, 1.807) is 0 Å². The number of hydrogen-bond donors (Lipinski definition) is 1. The average molecular weight is 214 g/mol. The Labute approximate surface area is 56.4 Å². The zero-order valence-corrected chi connectivity index (χ0v) is 6.18. The molecule has 0 aliphatic rings. The van der Waals surface area contributed by atoms with Gasteiger partial charge in [-0.3, -0.25) is 0 Å². The third-order valence-electron chi connectivity index (χ3n) is 0.175. The Morgan fingerprint density at radius 1 is 1.86 bits per heavy atom. The lowest BCUT2D eigenvalue weighted by Crippen LogP contribution is -1.82. The second-order valence-corrected chi connectivity index (χ2v) is 0.542. The van der Waals surface area contributed by atoms with E-state index in [0.717, 1.165) is 6.08 Å². The molecule has 42 valence electrons. The van der Waals surface area contributed by atoms with E-state index in [0.29, 0.717) is 0 Å². The van der Waals surface area contributed by atoms with Crippen molar-refractivity contribution in [2.75, 3.05) is 4.93 Å². The van der Waals surface area contributed by atoms with Gasteiger partial charge in [0, 0.05) is 6.08 Å². The molecule has 0 radical (unpaired) electrons. The SMILES string of the molecule is C=CC(=O)O.CI. The first-order valence-electron chi connectivity index (χ1n) is 1.50. The van der Waals surface area contributed by atoms with Gasteiger partial charge in [-0.15, -0.1) is 0 Å².